The molecule has 19 heavy (non-hydrogen) atoms. The molecule has 0 fully saturated rings. The van der Waals surface area contributed by atoms with Crippen molar-refractivity contribution in [2.45, 2.75) is 32.8 Å². The lowest BCUT2D eigenvalue weighted by molar-refractivity contribution is 0.138. The van der Waals surface area contributed by atoms with E-state index in [9.17, 15) is 0 Å². The minimum atomic E-state index is -0.0974. The molecule has 0 saturated carbocycles. The van der Waals surface area contributed by atoms with E-state index in [-0.39, 0.29) is 5.60 Å². The van der Waals surface area contributed by atoms with Gasteiger partial charge in [-0.25, -0.2) is 0 Å². The number of ether oxygens (including phenoxy) is 1. The minimum Gasteiger partial charge on any atom is -0.487 e. The second-order valence-electron chi connectivity index (χ2n) is 5.95. The Morgan fingerprint density at radius 3 is 2.63 bits per heavy atom. The van der Waals surface area contributed by atoms with Crippen LogP contribution < -0.4 is 10.5 Å². The fraction of sp³-hybridized carbons (Fsp3) is 0.294. The molecule has 0 amide bonds. The van der Waals surface area contributed by atoms with Gasteiger partial charge in [0.25, 0.3) is 0 Å². The van der Waals surface area contributed by atoms with Gasteiger partial charge < -0.3 is 10.5 Å². The van der Waals surface area contributed by atoms with Crippen molar-refractivity contribution in [2.75, 3.05) is 5.73 Å². The van der Waals surface area contributed by atoms with Gasteiger partial charge in [0.1, 0.15) is 11.4 Å². The predicted molar refractivity (Wildman–Crippen MR) is 79.4 cm³/mol. The molecule has 0 atom stereocenters. The topological polar surface area (TPSA) is 35.2 Å². The Bertz CT molecular complexity index is 644. The Morgan fingerprint density at radius 1 is 1.11 bits per heavy atom. The minimum absolute atomic E-state index is 0.0974. The summed E-state index contributed by atoms with van der Waals surface area (Å²) in [5.41, 5.74) is 11.6. The highest BCUT2D eigenvalue weighted by molar-refractivity contribution is 5.77. The van der Waals surface area contributed by atoms with Crippen LogP contribution in [-0.4, -0.2) is 5.60 Å². The van der Waals surface area contributed by atoms with E-state index in [1.807, 2.05) is 6.07 Å². The highest BCUT2D eigenvalue weighted by Gasteiger charge is 2.30. The third-order valence-corrected chi connectivity index (χ3v) is 3.58. The van der Waals surface area contributed by atoms with E-state index < -0.39 is 0 Å². The van der Waals surface area contributed by atoms with Crippen LogP contribution in [0.4, 0.5) is 5.69 Å². The van der Waals surface area contributed by atoms with Crippen molar-refractivity contribution in [1.29, 1.82) is 0 Å². The van der Waals surface area contributed by atoms with Crippen LogP contribution in [0, 0.1) is 6.92 Å². The molecule has 2 aromatic rings. The van der Waals surface area contributed by atoms with Crippen LogP contribution in [0.5, 0.6) is 5.75 Å². The van der Waals surface area contributed by atoms with Gasteiger partial charge >= 0.3 is 0 Å². The Morgan fingerprint density at radius 2 is 1.89 bits per heavy atom. The van der Waals surface area contributed by atoms with Gasteiger partial charge in [0, 0.05) is 17.7 Å². The molecule has 1 aliphatic rings. The smallest absolute Gasteiger partial charge is 0.123 e. The first-order chi connectivity index (χ1) is 8.94. The Balaban J connectivity index is 2.04. The highest BCUT2D eigenvalue weighted by atomic mass is 16.5. The average molecular weight is 253 g/mol. The summed E-state index contributed by atoms with van der Waals surface area (Å²) in [6.07, 6.45) is 0.946. The Hall–Kier alpha value is -1.96. The van der Waals surface area contributed by atoms with Gasteiger partial charge in [-0.05, 0) is 55.7 Å². The van der Waals surface area contributed by atoms with Crippen LogP contribution >= 0.6 is 0 Å². The maximum Gasteiger partial charge on any atom is 0.123 e. The van der Waals surface area contributed by atoms with Gasteiger partial charge in [-0.15, -0.1) is 0 Å². The second kappa shape index (κ2) is 4.02. The van der Waals surface area contributed by atoms with Gasteiger partial charge in [0.2, 0.25) is 0 Å². The van der Waals surface area contributed by atoms with E-state index in [0.717, 1.165) is 29.0 Å². The number of fused-ring (bicyclic) bond motifs is 1. The molecule has 1 heterocycles. The summed E-state index contributed by atoms with van der Waals surface area (Å²) < 4.78 is 5.90. The van der Waals surface area contributed by atoms with Gasteiger partial charge in [0.15, 0.2) is 0 Å². The molecule has 1 aliphatic heterocycles. The Labute approximate surface area is 114 Å². The van der Waals surface area contributed by atoms with Crippen LogP contribution in [0.1, 0.15) is 25.0 Å². The van der Waals surface area contributed by atoms with E-state index in [2.05, 4.69) is 51.1 Å². The first kappa shape index (κ1) is 12.1. The van der Waals surface area contributed by atoms with Gasteiger partial charge in [0.05, 0.1) is 0 Å². The molecule has 0 radical (unpaired) electrons. The number of rotatable bonds is 1. The number of aryl methyl sites for hydroxylation is 1. The zero-order chi connectivity index (χ0) is 13.6. The van der Waals surface area contributed by atoms with E-state index in [4.69, 9.17) is 10.5 Å². The molecule has 0 aromatic heterocycles. The molecule has 2 N–H and O–H groups in total. The largest absolute Gasteiger partial charge is 0.487 e. The second-order valence-corrected chi connectivity index (χ2v) is 5.95. The molecule has 0 aliphatic carbocycles. The molecule has 3 rings (SSSR count). The first-order valence-electron chi connectivity index (χ1n) is 6.63. The number of nitrogen functional groups attached to an aromatic ring is 1. The number of hydrogen-bond donors (Lipinski definition) is 1. The van der Waals surface area contributed by atoms with Crippen molar-refractivity contribution in [3.05, 3.63) is 47.5 Å². The molecule has 0 saturated heterocycles. The van der Waals surface area contributed by atoms with Gasteiger partial charge in [-0.3, -0.25) is 0 Å². The number of hydrogen-bond acceptors (Lipinski definition) is 2. The van der Waals surface area contributed by atoms with Crippen molar-refractivity contribution in [2.24, 2.45) is 0 Å². The SMILES string of the molecule is Cc1ccc(-c2ccc3c(c2)CC(C)(C)O3)c(N)c1. The summed E-state index contributed by atoms with van der Waals surface area (Å²) in [6.45, 7) is 6.29. The van der Waals surface area contributed by atoms with Crippen LogP contribution in [0.15, 0.2) is 36.4 Å². The maximum atomic E-state index is 6.12. The molecule has 98 valence electrons. The lowest BCUT2D eigenvalue weighted by Crippen LogP contribution is -2.24. The van der Waals surface area contributed by atoms with Gasteiger partial charge in [-0.1, -0.05) is 18.2 Å². The standard InChI is InChI=1S/C17H19NO/c1-11-4-6-14(15(18)8-11)12-5-7-16-13(9-12)10-17(2,3)19-16/h4-9H,10,18H2,1-3H3. The van der Waals surface area contributed by atoms with Gasteiger partial charge in [-0.2, -0.15) is 0 Å². The fourth-order valence-electron chi connectivity index (χ4n) is 2.72. The van der Waals surface area contributed by atoms with Crippen molar-refractivity contribution in [3.8, 4) is 16.9 Å². The van der Waals surface area contributed by atoms with E-state index in [1.54, 1.807) is 0 Å². The molecule has 2 nitrogen and oxygen atoms in total. The molecule has 0 spiro atoms. The summed E-state index contributed by atoms with van der Waals surface area (Å²) in [5, 5.41) is 0. The molecular weight excluding hydrogens is 234 g/mol. The number of benzene rings is 2. The Kier molecular flexibility index (Phi) is 2.56. The number of nitrogens with two attached hydrogens (primary N) is 1. The normalized spacial score (nSPS) is 15.9. The summed E-state index contributed by atoms with van der Waals surface area (Å²) in [6, 6.07) is 12.5. The summed E-state index contributed by atoms with van der Waals surface area (Å²) in [5.74, 6) is 0.999. The van der Waals surface area contributed by atoms with Crippen molar-refractivity contribution >= 4 is 5.69 Å². The van der Waals surface area contributed by atoms with Crippen molar-refractivity contribution < 1.29 is 4.74 Å². The lowest BCUT2D eigenvalue weighted by atomic mass is 9.96. The first-order valence-corrected chi connectivity index (χ1v) is 6.63. The zero-order valence-electron chi connectivity index (χ0n) is 11.7. The van der Waals surface area contributed by atoms with E-state index >= 15 is 0 Å². The fourth-order valence-corrected chi connectivity index (χ4v) is 2.72. The van der Waals surface area contributed by atoms with E-state index in [1.165, 1.54) is 11.1 Å². The van der Waals surface area contributed by atoms with Crippen LogP contribution in [0.2, 0.25) is 0 Å². The molecule has 0 unspecified atom stereocenters. The number of anilines is 1. The zero-order valence-corrected chi connectivity index (χ0v) is 11.7. The summed E-state index contributed by atoms with van der Waals surface area (Å²) in [4.78, 5) is 0. The van der Waals surface area contributed by atoms with Crippen molar-refractivity contribution in [3.63, 3.8) is 0 Å². The van der Waals surface area contributed by atoms with Crippen molar-refractivity contribution in [1.82, 2.24) is 0 Å². The molecule has 2 heteroatoms. The molecule has 2 aromatic carbocycles. The van der Waals surface area contributed by atoms with E-state index in [0.29, 0.717) is 0 Å². The highest BCUT2D eigenvalue weighted by Crippen LogP contribution is 2.38. The van der Waals surface area contributed by atoms with Crippen LogP contribution in [0.25, 0.3) is 11.1 Å². The molecular formula is C17H19NO. The maximum absolute atomic E-state index is 6.12. The third-order valence-electron chi connectivity index (χ3n) is 3.58. The van der Waals surface area contributed by atoms with Crippen LogP contribution in [-0.2, 0) is 6.42 Å². The monoisotopic (exact) mass is 253 g/mol. The molecule has 0 bridgehead atoms. The quantitative estimate of drug-likeness (QED) is 0.781. The van der Waals surface area contributed by atoms with Crippen LogP contribution in [0.3, 0.4) is 0 Å². The third kappa shape index (κ3) is 2.19. The average Bonchev–Trinajstić information content (AvgIpc) is 2.61. The lowest BCUT2D eigenvalue weighted by Gasteiger charge is -2.16. The predicted octanol–water partition coefficient (Wildman–Crippen LogP) is 3.96. The summed E-state index contributed by atoms with van der Waals surface area (Å²) in [7, 11) is 0. The summed E-state index contributed by atoms with van der Waals surface area (Å²) >= 11 is 0.